The molecule has 7 heteroatoms. The van der Waals surface area contributed by atoms with Gasteiger partial charge < -0.3 is 19.5 Å². The minimum Gasteiger partial charge on any atom is -0.469 e. The number of carbonyl (C=O) groups is 1. The van der Waals surface area contributed by atoms with E-state index >= 15 is 0 Å². The van der Waals surface area contributed by atoms with E-state index in [2.05, 4.69) is 20.4 Å². The zero-order valence-electron chi connectivity index (χ0n) is 14.8. The molecule has 1 fully saturated rings. The highest BCUT2D eigenvalue weighted by atomic mass is 16.3. The summed E-state index contributed by atoms with van der Waals surface area (Å²) in [5.74, 6) is 2.83. The Morgan fingerprint density at radius 1 is 1.28 bits per heavy atom. The molecule has 0 atom stereocenters. The molecule has 1 N–H and O–H groups in total. The molecule has 0 radical (unpaired) electrons. The lowest BCUT2D eigenvalue weighted by Gasteiger charge is -2.32. The molecule has 1 aliphatic rings. The monoisotopic (exact) mass is 343 g/mol. The molecule has 2 aromatic heterocycles. The number of carbonyl (C=O) groups excluding carboxylic acids is 1. The molecule has 3 rings (SSSR count). The van der Waals surface area contributed by atoms with Crippen LogP contribution >= 0.6 is 0 Å². The van der Waals surface area contributed by atoms with Gasteiger partial charge in [-0.1, -0.05) is 0 Å². The predicted octanol–water partition coefficient (Wildman–Crippen LogP) is 1.71. The van der Waals surface area contributed by atoms with Crippen LogP contribution in [0.4, 0.5) is 11.6 Å². The molecule has 0 aliphatic carbocycles. The van der Waals surface area contributed by atoms with Gasteiger partial charge in [0.15, 0.2) is 11.6 Å². The van der Waals surface area contributed by atoms with Crippen molar-refractivity contribution in [3.8, 4) is 0 Å². The Labute approximate surface area is 148 Å². The molecule has 0 spiro atoms. The third-order valence-corrected chi connectivity index (χ3v) is 4.54. The molecule has 134 valence electrons. The summed E-state index contributed by atoms with van der Waals surface area (Å²) in [6, 6.07) is 7.75. The van der Waals surface area contributed by atoms with Crippen LogP contribution in [0.5, 0.6) is 0 Å². The first kappa shape index (κ1) is 17.3. The number of nitrogens with one attached hydrogen (secondary N) is 1. The summed E-state index contributed by atoms with van der Waals surface area (Å²) in [7, 11) is 3.89. The Morgan fingerprint density at radius 2 is 2.08 bits per heavy atom. The number of hydrogen-bond acceptors (Lipinski definition) is 6. The lowest BCUT2D eigenvalue weighted by atomic mass is 9.96. The van der Waals surface area contributed by atoms with Crippen LogP contribution in [0, 0.1) is 5.92 Å². The van der Waals surface area contributed by atoms with Gasteiger partial charge in [-0.3, -0.25) is 4.79 Å². The normalized spacial score (nSPS) is 15.2. The first-order chi connectivity index (χ1) is 12.1. The van der Waals surface area contributed by atoms with Gasteiger partial charge in [0.1, 0.15) is 5.76 Å². The number of piperidine rings is 1. The fourth-order valence-corrected chi connectivity index (χ4v) is 3.00. The summed E-state index contributed by atoms with van der Waals surface area (Å²) in [6.45, 7) is 2.27. The van der Waals surface area contributed by atoms with Gasteiger partial charge in [-0.25, -0.2) is 0 Å². The van der Waals surface area contributed by atoms with Crippen molar-refractivity contribution in [1.29, 1.82) is 0 Å². The number of hydrogen-bond donors (Lipinski definition) is 1. The molecule has 1 amide bonds. The van der Waals surface area contributed by atoms with Crippen molar-refractivity contribution in [2.45, 2.75) is 19.3 Å². The highest BCUT2D eigenvalue weighted by Gasteiger charge is 2.25. The molecule has 0 bridgehead atoms. The van der Waals surface area contributed by atoms with Gasteiger partial charge in [-0.2, -0.15) is 0 Å². The largest absolute Gasteiger partial charge is 0.469 e. The molecular weight excluding hydrogens is 318 g/mol. The van der Waals surface area contributed by atoms with E-state index in [1.807, 2.05) is 43.3 Å². The Balaban J connectivity index is 1.43. The maximum Gasteiger partial charge on any atom is 0.223 e. The van der Waals surface area contributed by atoms with Gasteiger partial charge in [0.2, 0.25) is 5.91 Å². The van der Waals surface area contributed by atoms with Crippen molar-refractivity contribution in [3.63, 3.8) is 0 Å². The molecule has 3 heterocycles. The lowest BCUT2D eigenvalue weighted by Crippen LogP contribution is -2.41. The molecule has 0 aromatic carbocycles. The van der Waals surface area contributed by atoms with Gasteiger partial charge >= 0.3 is 0 Å². The van der Waals surface area contributed by atoms with E-state index in [-0.39, 0.29) is 11.8 Å². The number of anilines is 2. The van der Waals surface area contributed by atoms with Crippen LogP contribution < -0.4 is 15.1 Å². The molecular formula is C18H25N5O2. The second-order valence-corrected chi connectivity index (χ2v) is 6.53. The average molecular weight is 343 g/mol. The summed E-state index contributed by atoms with van der Waals surface area (Å²) in [4.78, 5) is 16.4. The van der Waals surface area contributed by atoms with Crippen molar-refractivity contribution in [1.82, 2.24) is 15.5 Å². The van der Waals surface area contributed by atoms with Crippen LogP contribution in [0.2, 0.25) is 0 Å². The minimum atomic E-state index is 0.0712. The van der Waals surface area contributed by atoms with Gasteiger partial charge in [-0.05, 0) is 37.1 Å². The smallest absolute Gasteiger partial charge is 0.223 e. The van der Waals surface area contributed by atoms with Crippen molar-refractivity contribution < 1.29 is 9.21 Å². The maximum absolute atomic E-state index is 12.3. The summed E-state index contributed by atoms with van der Waals surface area (Å²) < 4.78 is 5.27. The van der Waals surface area contributed by atoms with Gasteiger partial charge in [-0.15, -0.1) is 10.2 Å². The Bertz CT molecular complexity index is 661. The Kier molecular flexibility index (Phi) is 5.53. The zero-order valence-corrected chi connectivity index (χ0v) is 14.8. The molecule has 7 nitrogen and oxygen atoms in total. The molecule has 25 heavy (non-hydrogen) atoms. The summed E-state index contributed by atoms with van der Waals surface area (Å²) in [5.41, 5.74) is 0. The third kappa shape index (κ3) is 4.49. The van der Waals surface area contributed by atoms with Crippen molar-refractivity contribution in [3.05, 3.63) is 36.3 Å². The van der Waals surface area contributed by atoms with Crippen LogP contribution in [0.1, 0.15) is 18.6 Å². The van der Waals surface area contributed by atoms with Crippen molar-refractivity contribution >= 4 is 17.5 Å². The number of furan rings is 1. The van der Waals surface area contributed by atoms with E-state index in [4.69, 9.17) is 4.42 Å². The molecule has 1 aliphatic heterocycles. The van der Waals surface area contributed by atoms with E-state index in [1.165, 1.54) is 0 Å². The highest BCUT2D eigenvalue weighted by molar-refractivity contribution is 5.79. The average Bonchev–Trinajstić information content (AvgIpc) is 3.15. The molecule has 0 saturated carbocycles. The lowest BCUT2D eigenvalue weighted by molar-refractivity contribution is -0.125. The summed E-state index contributed by atoms with van der Waals surface area (Å²) >= 11 is 0. The fraction of sp³-hybridized carbons (Fsp3) is 0.500. The number of aromatic nitrogens is 2. The second-order valence-electron chi connectivity index (χ2n) is 6.53. The maximum atomic E-state index is 12.3. The number of rotatable bonds is 6. The van der Waals surface area contributed by atoms with Crippen LogP contribution in [-0.2, 0) is 11.2 Å². The van der Waals surface area contributed by atoms with E-state index in [0.29, 0.717) is 6.54 Å². The Hall–Kier alpha value is -2.57. The second kappa shape index (κ2) is 8.00. The first-order valence-electron chi connectivity index (χ1n) is 8.69. The van der Waals surface area contributed by atoms with E-state index < -0.39 is 0 Å². The van der Waals surface area contributed by atoms with Crippen LogP contribution in [0.25, 0.3) is 0 Å². The van der Waals surface area contributed by atoms with Crippen LogP contribution in [-0.4, -0.2) is 49.8 Å². The van der Waals surface area contributed by atoms with Gasteiger partial charge in [0.05, 0.1) is 6.26 Å². The standard InChI is InChI=1S/C18H25N5O2/c1-22(2)16-5-6-17(21-20-16)23-11-8-14(9-12-23)18(24)19-10-7-15-4-3-13-25-15/h3-6,13-14H,7-12H2,1-2H3,(H,19,24). The van der Waals surface area contributed by atoms with Gasteiger partial charge in [0.25, 0.3) is 0 Å². The molecule has 2 aromatic rings. The predicted molar refractivity (Wildman–Crippen MR) is 96.7 cm³/mol. The Morgan fingerprint density at radius 3 is 2.68 bits per heavy atom. The quantitative estimate of drug-likeness (QED) is 0.861. The van der Waals surface area contributed by atoms with Gasteiger partial charge in [0, 0.05) is 46.1 Å². The minimum absolute atomic E-state index is 0.0712. The topological polar surface area (TPSA) is 74.5 Å². The summed E-state index contributed by atoms with van der Waals surface area (Å²) in [5, 5.41) is 11.5. The van der Waals surface area contributed by atoms with Crippen molar-refractivity contribution in [2.24, 2.45) is 5.92 Å². The third-order valence-electron chi connectivity index (χ3n) is 4.54. The van der Waals surface area contributed by atoms with Crippen molar-refractivity contribution in [2.75, 3.05) is 43.5 Å². The number of amides is 1. The highest BCUT2D eigenvalue weighted by Crippen LogP contribution is 2.22. The SMILES string of the molecule is CN(C)c1ccc(N2CCC(C(=O)NCCc3ccco3)CC2)nn1. The molecule has 0 unspecified atom stereocenters. The fourth-order valence-electron chi connectivity index (χ4n) is 3.00. The van der Waals surface area contributed by atoms with Crippen LogP contribution in [0.15, 0.2) is 34.9 Å². The molecule has 1 saturated heterocycles. The number of nitrogens with zero attached hydrogens (tertiary/aromatic N) is 4. The first-order valence-corrected chi connectivity index (χ1v) is 8.69. The van der Waals surface area contributed by atoms with Crippen LogP contribution in [0.3, 0.4) is 0 Å². The van der Waals surface area contributed by atoms with E-state index in [1.54, 1.807) is 6.26 Å². The van der Waals surface area contributed by atoms with E-state index in [0.717, 1.165) is 49.7 Å². The summed E-state index contributed by atoms with van der Waals surface area (Å²) in [6.07, 6.45) is 4.06. The zero-order chi connectivity index (χ0) is 17.6. The van der Waals surface area contributed by atoms with E-state index in [9.17, 15) is 4.79 Å².